The molecule has 0 aromatic rings. The Morgan fingerprint density at radius 1 is 1.69 bits per heavy atom. The summed E-state index contributed by atoms with van der Waals surface area (Å²) in [4.78, 5) is 25.8. The first-order valence-corrected chi connectivity index (χ1v) is 5.33. The second kappa shape index (κ2) is 4.54. The van der Waals surface area contributed by atoms with Gasteiger partial charge in [-0.15, -0.1) is 0 Å². The van der Waals surface area contributed by atoms with Gasteiger partial charge in [-0.1, -0.05) is 26.0 Å². The summed E-state index contributed by atoms with van der Waals surface area (Å²) in [6, 6.07) is 0. The molecule has 2 unspecified atom stereocenters. The number of nitrogens with zero attached hydrogens (tertiary/aromatic N) is 2. The molecule has 1 aliphatic carbocycles. The van der Waals surface area contributed by atoms with E-state index in [0.29, 0.717) is 12.8 Å². The molecule has 0 N–H and O–H groups in total. The zero-order valence-electron chi connectivity index (χ0n) is 9.69. The highest BCUT2D eigenvalue weighted by atomic mass is 16.1. The van der Waals surface area contributed by atoms with Crippen molar-refractivity contribution in [2.24, 2.45) is 11.3 Å². The number of rotatable bonds is 3. The minimum atomic E-state index is -0.506. The van der Waals surface area contributed by atoms with Crippen LogP contribution in [-0.2, 0) is 9.59 Å². The molecule has 0 aromatic carbocycles. The highest BCUT2D eigenvalue weighted by Gasteiger charge is 2.42. The standard InChI is InChI=1S/C12H16N2O2/c1-8-4-5-11(16)9(2)12(8,3)6-10(15)7-14-13/h7,9H,1,4-6H2,2-3H3. The quantitative estimate of drug-likeness (QED) is 0.315. The van der Waals surface area contributed by atoms with Gasteiger partial charge >= 0.3 is 6.21 Å². The second-order valence-electron chi connectivity index (χ2n) is 4.60. The van der Waals surface area contributed by atoms with E-state index < -0.39 is 5.41 Å². The van der Waals surface area contributed by atoms with Gasteiger partial charge in [0.1, 0.15) is 5.78 Å². The van der Waals surface area contributed by atoms with Crippen molar-refractivity contribution in [1.82, 2.24) is 0 Å². The third-order valence-corrected chi connectivity index (χ3v) is 3.66. The van der Waals surface area contributed by atoms with E-state index in [0.717, 1.165) is 11.8 Å². The Balaban J connectivity index is 2.94. The summed E-state index contributed by atoms with van der Waals surface area (Å²) in [6.45, 7) is 7.66. The molecule has 4 nitrogen and oxygen atoms in total. The molecular weight excluding hydrogens is 204 g/mol. The van der Waals surface area contributed by atoms with Crippen LogP contribution < -0.4 is 0 Å². The van der Waals surface area contributed by atoms with E-state index in [9.17, 15) is 9.59 Å². The zero-order chi connectivity index (χ0) is 12.3. The molecule has 1 fully saturated rings. The molecule has 0 radical (unpaired) electrons. The van der Waals surface area contributed by atoms with Crippen molar-refractivity contribution in [2.45, 2.75) is 33.1 Å². The first-order chi connectivity index (χ1) is 7.41. The van der Waals surface area contributed by atoms with Gasteiger partial charge in [0.15, 0.2) is 0 Å². The second-order valence-corrected chi connectivity index (χ2v) is 4.60. The molecule has 0 amide bonds. The average Bonchev–Trinajstić information content (AvgIpc) is 2.22. The maximum Gasteiger partial charge on any atom is 0.323 e. The maximum absolute atomic E-state index is 11.7. The van der Waals surface area contributed by atoms with Gasteiger partial charge in [0, 0.05) is 24.2 Å². The Kier molecular flexibility index (Phi) is 3.55. The van der Waals surface area contributed by atoms with Gasteiger partial charge in [0.2, 0.25) is 5.78 Å². The van der Waals surface area contributed by atoms with Crippen LogP contribution >= 0.6 is 0 Å². The van der Waals surface area contributed by atoms with E-state index in [4.69, 9.17) is 5.53 Å². The van der Waals surface area contributed by atoms with Gasteiger partial charge < -0.3 is 5.53 Å². The third-order valence-electron chi connectivity index (χ3n) is 3.66. The van der Waals surface area contributed by atoms with Crippen LogP contribution in [0.25, 0.3) is 5.53 Å². The fourth-order valence-electron chi connectivity index (χ4n) is 2.19. The van der Waals surface area contributed by atoms with Gasteiger partial charge in [0.25, 0.3) is 0 Å². The molecule has 1 aliphatic rings. The third kappa shape index (κ3) is 2.17. The molecule has 0 spiro atoms. The molecule has 1 saturated carbocycles. The summed E-state index contributed by atoms with van der Waals surface area (Å²) in [7, 11) is 0. The van der Waals surface area contributed by atoms with Crippen LogP contribution in [0.2, 0.25) is 0 Å². The monoisotopic (exact) mass is 220 g/mol. The van der Waals surface area contributed by atoms with Crippen LogP contribution in [0.3, 0.4) is 0 Å². The number of allylic oxidation sites excluding steroid dienone is 1. The highest BCUT2D eigenvalue weighted by molar-refractivity contribution is 6.25. The smallest absolute Gasteiger partial charge is 0.323 e. The molecule has 0 aliphatic heterocycles. The first-order valence-electron chi connectivity index (χ1n) is 5.33. The molecular formula is C12H16N2O2. The molecule has 0 saturated heterocycles. The van der Waals surface area contributed by atoms with Crippen molar-refractivity contribution >= 4 is 17.8 Å². The predicted molar refractivity (Wildman–Crippen MR) is 60.0 cm³/mol. The van der Waals surface area contributed by atoms with Crippen LogP contribution in [-0.4, -0.2) is 22.6 Å². The summed E-state index contributed by atoms with van der Waals surface area (Å²) < 4.78 is 0. The van der Waals surface area contributed by atoms with Crippen molar-refractivity contribution < 1.29 is 14.4 Å². The van der Waals surface area contributed by atoms with Gasteiger partial charge in [-0.05, 0) is 6.42 Å². The maximum atomic E-state index is 11.7. The number of Topliss-reactive ketones (excluding diaryl/α,β-unsaturated/α-hetero) is 2. The SMILES string of the molecule is C=C1CCC(=O)C(C)C1(C)CC(=O)C=[N+]=[N-]. The van der Waals surface area contributed by atoms with Crippen LogP contribution in [0.5, 0.6) is 0 Å². The fraction of sp³-hybridized carbons (Fsp3) is 0.583. The lowest BCUT2D eigenvalue weighted by atomic mass is 9.63. The normalized spacial score (nSPS) is 29.8. The van der Waals surface area contributed by atoms with E-state index in [-0.39, 0.29) is 23.9 Å². The van der Waals surface area contributed by atoms with E-state index in [1.165, 1.54) is 0 Å². The first kappa shape index (κ1) is 12.5. The van der Waals surface area contributed by atoms with Gasteiger partial charge in [-0.25, -0.2) is 0 Å². The predicted octanol–water partition coefficient (Wildman–Crippen LogP) is 1.81. The van der Waals surface area contributed by atoms with Crippen LogP contribution in [0.15, 0.2) is 12.2 Å². The van der Waals surface area contributed by atoms with E-state index in [1.54, 1.807) is 0 Å². The lowest BCUT2D eigenvalue weighted by Gasteiger charge is -2.39. The Morgan fingerprint density at radius 3 is 2.88 bits per heavy atom. The van der Waals surface area contributed by atoms with Crippen molar-refractivity contribution in [3.05, 3.63) is 17.7 Å². The highest BCUT2D eigenvalue weighted by Crippen LogP contribution is 2.44. The summed E-state index contributed by atoms with van der Waals surface area (Å²) >= 11 is 0. The average molecular weight is 220 g/mol. The van der Waals surface area contributed by atoms with Crippen LogP contribution in [0, 0.1) is 11.3 Å². The molecule has 16 heavy (non-hydrogen) atoms. The molecule has 0 aromatic heterocycles. The molecule has 4 heteroatoms. The Bertz CT molecular complexity index is 394. The van der Waals surface area contributed by atoms with Crippen molar-refractivity contribution in [3.8, 4) is 0 Å². The molecule has 2 atom stereocenters. The topological polar surface area (TPSA) is 70.5 Å². The van der Waals surface area contributed by atoms with Gasteiger partial charge in [0.05, 0.1) is 0 Å². The van der Waals surface area contributed by atoms with Crippen LogP contribution in [0.1, 0.15) is 33.1 Å². The Morgan fingerprint density at radius 2 is 2.31 bits per heavy atom. The van der Waals surface area contributed by atoms with Crippen molar-refractivity contribution in [2.75, 3.05) is 0 Å². The summed E-state index contributed by atoms with van der Waals surface area (Å²) in [5.74, 6) is -0.318. The summed E-state index contributed by atoms with van der Waals surface area (Å²) in [5, 5.41) is 0. The van der Waals surface area contributed by atoms with Crippen molar-refractivity contribution in [1.29, 1.82) is 0 Å². The zero-order valence-corrected chi connectivity index (χ0v) is 9.69. The fourth-order valence-corrected chi connectivity index (χ4v) is 2.19. The number of carbonyl (C=O) groups is 2. The largest absolute Gasteiger partial charge is 0.361 e. The minimum Gasteiger partial charge on any atom is -0.361 e. The number of carbonyl (C=O) groups excluding carboxylic acids is 2. The van der Waals surface area contributed by atoms with Gasteiger partial charge in [-0.3, -0.25) is 9.59 Å². The van der Waals surface area contributed by atoms with E-state index in [2.05, 4.69) is 11.4 Å². The summed E-state index contributed by atoms with van der Waals surface area (Å²) in [6.07, 6.45) is 2.20. The van der Waals surface area contributed by atoms with Crippen molar-refractivity contribution in [3.63, 3.8) is 0 Å². The summed E-state index contributed by atoms with van der Waals surface area (Å²) in [5.41, 5.74) is 8.72. The van der Waals surface area contributed by atoms with E-state index in [1.807, 2.05) is 13.8 Å². The Hall–Kier alpha value is -1.54. The van der Waals surface area contributed by atoms with Gasteiger partial charge in [-0.2, -0.15) is 4.79 Å². The number of hydrogen-bond acceptors (Lipinski definition) is 2. The molecule has 1 rings (SSSR count). The lowest BCUT2D eigenvalue weighted by molar-refractivity contribution is -0.128. The molecule has 0 heterocycles. The van der Waals surface area contributed by atoms with E-state index >= 15 is 0 Å². The lowest BCUT2D eigenvalue weighted by Crippen LogP contribution is -2.39. The number of hydrogen-bond donors (Lipinski definition) is 0. The molecule has 0 bridgehead atoms. The Labute approximate surface area is 95.0 Å². The molecule has 86 valence electrons. The van der Waals surface area contributed by atoms with Crippen LogP contribution in [0.4, 0.5) is 0 Å². The minimum absolute atomic E-state index is 0.169. The number of ketones is 2.